The quantitative estimate of drug-likeness (QED) is 0.650. The molecule has 0 saturated heterocycles. The SMILES string of the molecule is CN(C)CCC(C)(C)C(N)=S. The third-order valence-corrected chi connectivity index (χ3v) is 2.40. The van der Waals surface area contributed by atoms with Crippen LogP contribution in [0.15, 0.2) is 0 Å². The van der Waals surface area contributed by atoms with Crippen molar-refractivity contribution >= 4 is 17.2 Å². The summed E-state index contributed by atoms with van der Waals surface area (Å²) >= 11 is 4.94. The lowest BCUT2D eigenvalue weighted by Gasteiger charge is -2.24. The zero-order chi connectivity index (χ0) is 9.07. The third-order valence-electron chi connectivity index (χ3n) is 1.85. The highest BCUT2D eigenvalue weighted by Gasteiger charge is 2.20. The van der Waals surface area contributed by atoms with Crippen LogP contribution >= 0.6 is 12.2 Å². The molecular weight excluding hydrogens is 156 g/mol. The number of thiocarbonyl (C=S) groups is 1. The van der Waals surface area contributed by atoms with E-state index in [2.05, 4.69) is 32.8 Å². The van der Waals surface area contributed by atoms with Crippen LogP contribution in [-0.4, -0.2) is 30.5 Å². The molecule has 0 aliphatic rings. The lowest BCUT2D eigenvalue weighted by molar-refractivity contribution is 0.340. The fourth-order valence-electron chi connectivity index (χ4n) is 0.626. The maximum Gasteiger partial charge on any atom is 0.0784 e. The van der Waals surface area contributed by atoms with Crippen LogP contribution in [0, 0.1) is 5.41 Å². The van der Waals surface area contributed by atoms with E-state index in [1.54, 1.807) is 0 Å². The molecule has 0 aromatic rings. The summed E-state index contributed by atoms with van der Waals surface area (Å²) in [6.07, 6.45) is 1.02. The Morgan fingerprint density at radius 1 is 1.45 bits per heavy atom. The van der Waals surface area contributed by atoms with Crippen molar-refractivity contribution in [2.75, 3.05) is 20.6 Å². The second kappa shape index (κ2) is 4.02. The lowest BCUT2D eigenvalue weighted by atomic mass is 9.89. The predicted molar refractivity (Wildman–Crippen MR) is 53.7 cm³/mol. The summed E-state index contributed by atoms with van der Waals surface area (Å²) in [5, 5.41) is 0. The second-order valence-electron chi connectivity index (χ2n) is 3.80. The number of hydrogen-bond acceptors (Lipinski definition) is 2. The number of nitrogens with zero attached hydrogens (tertiary/aromatic N) is 1. The molecule has 3 heteroatoms. The fraction of sp³-hybridized carbons (Fsp3) is 0.875. The van der Waals surface area contributed by atoms with Gasteiger partial charge in [-0.3, -0.25) is 0 Å². The van der Waals surface area contributed by atoms with Crippen molar-refractivity contribution in [1.82, 2.24) is 4.90 Å². The molecule has 0 radical (unpaired) electrons. The molecule has 0 amide bonds. The average Bonchev–Trinajstić information content (AvgIpc) is 1.84. The third kappa shape index (κ3) is 4.32. The van der Waals surface area contributed by atoms with E-state index < -0.39 is 0 Å². The molecule has 0 saturated carbocycles. The van der Waals surface area contributed by atoms with E-state index in [9.17, 15) is 0 Å². The molecule has 0 aromatic carbocycles. The Hall–Kier alpha value is -0.150. The Morgan fingerprint density at radius 2 is 1.91 bits per heavy atom. The minimum absolute atomic E-state index is 0.000394. The Balaban J connectivity index is 3.83. The molecule has 0 atom stereocenters. The highest BCUT2D eigenvalue weighted by molar-refractivity contribution is 7.80. The summed E-state index contributed by atoms with van der Waals surface area (Å²) in [5.74, 6) is 0. The highest BCUT2D eigenvalue weighted by atomic mass is 32.1. The van der Waals surface area contributed by atoms with Gasteiger partial charge in [0.25, 0.3) is 0 Å². The van der Waals surface area contributed by atoms with Crippen LogP contribution < -0.4 is 5.73 Å². The van der Waals surface area contributed by atoms with Gasteiger partial charge >= 0.3 is 0 Å². The fourth-order valence-corrected chi connectivity index (χ4v) is 0.728. The van der Waals surface area contributed by atoms with E-state index in [0.717, 1.165) is 13.0 Å². The normalized spacial score (nSPS) is 12.1. The molecule has 0 heterocycles. The van der Waals surface area contributed by atoms with Gasteiger partial charge in [0.05, 0.1) is 4.99 Å². The predicted octanol–water partition coefficient (Wildman–Crippen LogP) is 1.25. The van der Waals surface area contributed by atoms with E-state index in [4.69, 9.17) is 18.0 Å². The first-order valence-electron chi connectivity index (χ1n) is 3.81. The van der Waals surface area contributed by atoms with E-state index in [-0.39, 0.29) is 5.41 Å². The molecule has 0 fully saturated rings. The van der Waals surface area contributed by atoms with E-state index >= 15 is 0 Å². The molecule has 0 rings (SSSR count). The maximum absolute atomic E-state index is 5.57. The molecule has 0 unspecified atom stereocenters. The van der Waals surface area contributed by atoms with Crippen LogP contribution in [-0.2, 0) is 0 Å². The van der Waals surface area contributed by atoms with Gasteiger partial charge in [0.1, 0.15) is 0 Å². The van der Waals surface area contributed by atoms with Crippen molar-refractivity contribution in [2.45, 2.75) is 20.3 Å². The zero-order valence-corrected chi connectivity index (χ0v) is 8.66. The van der Waals surface area contributed by atoms with Crippen molar-refractivity contribution in [3.05, 3.63) is 0 Å². The van der Waals surface area contributed by atoms with Crippen molar-refractivity contribution in [2.24, 2.45) is 11.1 Å². The summed E-state index contributed by atoms with van der Waals surface area (Å²) in [6.45, 7) is 5.20. The van der Waals surface area contributed by atoms with Gasteiger partial charge in [-0.15, -0.1) is 0 Å². The summed E-state index contributed by atoms with van der Waals surface area (Å²) in [5.41, 5.74) is 5.57. The molecule has 0 aliphatic heterocycles. The van der Waals surface area contributed by atoms with Crippen molar-refractivity contribution < 1.29 is 0 Å². The molecule has 2 nitrogen and oxygen atoms in total. The smallest absolute Gasteiger partial charge is 0.0784 e. The molecular formula is C8H18N2S. The van der Waals surface area contributed by atoms with Crippen LogP contribution in [0.1, 0.15) is 20.3 Å². The minimum Gasteiger partial charge on any atom is -0.393 e. The van der Waals surface area contributed by atoms with Crippen LogP contribution in [0.5, 0.6) is 0 Å². The molecule has 0 bridgehead atoms. The van der Waals surface area contributed by atoms with Crippen LogP contribution in [0.3, 0.4) is 0 Å². The van der Waals surface area contributed by atoms with E-state index in [1.807, 2.05) is 0 Å². The minimum atomic E-state index is -0.000394. The molecule has 0 spiro atoms. The Labute approximate surface area is 74.8 Å². The van der Waals surface area contributed by atoms with Gasteiger partial charge < -0.3 is 10.6 Å². The number of rotatable bonds is 4. The van der Waals surface area contributed by atoms with Crippen LogP contribution in [0.25, 0.3) is 0 Å². The first-order valence-corrected chi connectivity index (χ1v) is 4.22. The summed E-state index contributed by atoms with van der Waals surface area (Å²) in [4.78, 5) is 2.75. The van der Waals surface area contributed by atoms with Crippen molar-refractivity contribution in [3.63, 3.8) is 0 Å². The molecule has 0 aliphatic carbocycles. The first kappa shape index (κ1) is 10.8. The summed E-state index contributed by atoms with van der Waals surface area (Å²) in [7, 11) is 4.10. The van der Waals surface area contributed by atoms with Crippen molar-refractivity contribution in [1.29, 1.82) is 0 Å². The van der Waals surface area contributed by atoms with Crippen LogP contribution in [0.4, 0.5) is 0 Å². The van der Waals surface area contributed by atoms with Gasteiger partial charge in [0.2, 0.25) is 0 Å². The van der Waals surface area contributed by atoms with Crippen LogP contribution in [0.2, 0.25) is 0 Å². The first-order chi connectivity index (χ1) is 4.86. The standard InChI is InChI=1S/C8H18N2S/c1-8(2,7(9)11)5-6-10(3)4/h5-6H2,1-4H3,(H2,9,11). The van der Waals surface area contributed by atoms with Gasteiger partial charge in [-0.25, -0.2) is 0 Å². The highest BCUT2D eigenvalue weighted by Crippen LogP contribution is 2.20. The summed E-state index contributed by atoms with van der Waals surface area (Å²) < 4.78 is 0. The largest absolute Gasteiger partial charge is 0.393 e. The Kier molecular flexibility index (Phi) is 3.97. The summed E-state index contributed by atoms with van der Waals surface area (Å²) in [6, 6.07) is 0. The topological polar surface area (TPSA) is 29.3 Å². The number of hydrogen-bond donors (Lipinski definition) is 1. The van der Waals surface area contributed by atoms with Crippen molar-refractivity contribution in [3.8, 4) is 0 Å². The monoisotopic (exact) mass is 174 g/mol. The Bertz CT molecular complexity index is 141. The van der Waals surface area contributed by atoms with E-state index in [1.165, 1.54) is 0 Å². The Morgan fingerprint density at radius 3 is 2.18 bits per heavy atom. The van der Waals surface area contributed by atoms with E-state index in [0.29, 0.717) is 4.99 Å². The maximum atomic E-state index is 5.57. The molecule has 0 aromatic heterocycles. The van der Waals surface area contributed by atoms with Gasteiger partial charge in [0.15, 0.2) is 0 Å². The lowest BCUT2D eigenvalue weighted by Crippen LogP contribution is -2.32. The van der Waals surface area contributed by atoms with Gasteiger partial charge in [0, 0.05) is 5.41 Å². The average molecular weight is 174 g/mol. The number of nitrogens with two attached hydrogens (primary N) is 1. The zero-order valence-electron chi connectivity index (χ0n) is 7.85. The van der Waals surface area contributed by atoms with Gasteiger partial charge in [-0.2, -0.15) is 0 Å². The molecule has 11 heavy (non-hydrogen) atoms. The second-order valence-corrected chi connectivity index (χ2v) is 4.24. The van der Waals surface area contributed by atoms with Gasteiger partial charge in [-0.05, 0) is 27.1 Å². The van der Waals surface area contributed by atoms with Gasteiger partial charge in [-0.1, -0.05) is 26.1 Å². The molecule has 2 N–H and O–H groups in total. The molecule has 66 valence electrons.